The van der Waals surface area contributed by atoms with Gasteiger partial charge in [0.2, 0.25) is 21.8 Å². The zero-order valence-electron chi connectivity index (χ0n) is 20.5. The van der Waals surface area contributed by atoms with Crippen molar-refractivity contribution in [2.24, 2.45) is 0 Å². The molecule has 3 aromatic rings. The van der Waals surface area contributed by atoms with Crippen LogP contribution in [0.15, 0.2) is 78.9 Å². The number of carbonyl (C=O) groups excluding carboxylic acids is 2. The second kappa shape index (κ2) is 11.8. The normalized spacial score (nSPS) is 12.0. The van der Waals surface area contributed by atoms with Crippen LogP contribution in [0.25, 0.3) is 0 Å². The van der Waals surface area contributed by atoms with Crippen LogP contribution in [0, 0.1) is 12.7 Å². The van der Waals surface area contributed by atoms with Gasteiger partial charge in [-0.1, -0.05) is 60.7 Å². The molecular weight excluding hydrogens is 481 g/mol. The highest BCUT2D eigenvalue weighted by Gasteiger charge is 2.32. The Balaban J connectivity index is 2.04. The summed E-state index contributed by atoms with van der Waals surface area (Å²) in [6.45, 7) is 1.41. The van der Waals surface area contributed by atoms with Crippen LogP contribution in [0.2, 0.25) is 0 Å². The molecule has 0 spiro atoms. The van der Waals surface area contributed by atoms with Crippen LogP contribution in [-0.2, 0) is 32.6 Å². The molecule has 0 aliphatic carbocycles. The third-order valence-electron chi connectivity index (χ3n) is 5.89. The summed E-state index contributed by atoms with van der Waals surface area (Å²) in [4.78, 5) is 28.2. The molecule has 0 unspecified atom stereocenters. The quantitative estimate of drug-likeness (QED) is 0.453. The second-order valence-corrected chi connectivity index (χ2v) is 10.4. The molecule has 0 saturated carbocycles. The van der Waals surface area contributed by atoms with Crippen molar-refractivity contribution >= 4 is 27.5 Å². The van der Waals surface area contributed by atoms with E-state index >= 15 is 0 Å². The van der Waals surface area contributed by atoms with Crippen molar-refractivity contribution < 1.29 is 22.4 Å². The molecule has 3 aromatic carbocycles. The predicted molar refractivity (Wildman–Crippen MR) is 138 cm³/mol. The minimum Gasteiger partial charge on any atom is -0.357 e. The number of likely N-dealkylation sites (N-methyl/N-ethyl adjacent to an activating group) is 1. The van der Waals surface area contributed by atoms with E-state index in [1.54, 1.807) is 0 Å². The number of carbonyl (C=O) groups is 2. The van der Waals surface area contributed by atoms with Gasteiger partial charge in [0.25, 0.3) is 0 Å². The number of aryl methyl sites for hydroxylation is 1. The van der Waals surface area contributed by atoms with Gasteiger partial charge in [-0.05, 0) is 41.8 Å². The number of sulfonamides is 1. The van der Waals surface area contributed by atoms with Crippen molar-refractivity contribution in [2.75, 3.05) is 24.2 Å². The molecule has 7 nitrogen and oxygen atoms in total. The van der Waals surface area contributed by atoms with Gasteiger partial charge < -0.3 is 10.2 Å². The second-order valence-electron chi connectivity index (χ2n) is 8.52. The molecule has 0 radical (unpaired) electrons. The molecule has 0 fully saturated rings. The fourth-order valence-corrected chi connectivity index (χ4v) is 4.78. The fourth-order valence-electron chi connectivity index (χ4n) is 3.94. The number of halogens is 1. The van der Waals surface area contributed by atoms with E-state index in [-0.39, 0.29) is 24.6 Å². The van der Waals surface area contributed by atoms with Crippen LogP contribution >= 0.6 is 0 Å². The van der Waals surface area contributed by atoms with Crippen LogP contribution in [-0.4, -0.2) is 51.0 Å². The highest BCUT2D eigenvalue weighted by atomic mass is 32.2. The molecule has 0 bridgehead atoms. The molecule has 0 heterocycles. The zero-order valence-corrected chi connectivity index (χ0v) is 21.3. The summed E-state index contributed by atoms with van der Waals surface area (Å²) in [6, 6.07) is 20.9. The average Bonchev–Trinajstić information content (AvgIpc) is 2.85. The number of hydrogen-bond acceptors (Lipinski definition) is 4. The average molecular weight is 512 g/mol. The zero-order chi connectivity index (χ0) is 26.3. The van der Waals surface area contributed by atoms with Gasteiger partial charge in [0, 0.05) is 20.0 Å². The monoisotopic (exact) mass is 511 g/mol. The lowest BCUT2D eigenvalue weighted by molar-refractivity contribution is -0.139. The number of nitrogens with zero attached hydrogens (tertiary/aromatic N) is 2. The predicted octanol–water partition coefficient (Wildman–Crippen LogP) is 3.29. The maximum atomic E-state index is 13.9. The van der Waals surface area contributed by atoms with E-state index in [2.05, 4.69) is 5.32 Å². The van der Waals surface area contributed by atoms with Crippen molar-refractivity contribution in [3.8, 4) is 0 Å². The lowest BCUT2D eigenvalue weighted by atomic mass is 10.0. The minimum atomic E-state index is -3.94. The Bertz CT molecular complexity index is 1320. The van der Waals surface area contributed by atoms with Crippen LogP contribution in [0.3, 0.4) is 0 Å². The van der Waals surface area contributed by atoms with Gasteiger partial charge in [0.15, 0.2) is 0 Å². The molecule has 0 aromatic heterocycles. The summed E-state index contributed by atoms with van der Waals surface area (Å²) in [6.07, 6.45) is 1.19. The number of hydrogen-bond donors (Lipinski definition) is 1. The van der Waals surface area contributed by atoms with Crippen molar-refractivity contribution in [1.82, 2.24) is 10.2 Å². The molecule has 1 N–H and O–H groups in total. The molecule has 2 amide bonds. The first-order chi connectivity index (χ1) is 17.1. The fraction of sp³-hybridized carbons (Fsp3) is 0.259. The van der Waals surface area contributed by atoms with Gasteiger partial charge >= 0.3 is 0 Å². The Kier molecular flexibility index (Phi) is 8.82. The highest BCUT2D eigenvalue weighted by Crippen LogP contribution is 2.21. The Morgan fingerprint density at radius 1 is 0.972 bits per heavy atom. The van der Waals surface area contributed by atoms with E-state index in [4.69, 9.17) is 0 Å². The summed E-state index contributed by atoms with van der Waals surface area (Å²) < 4.78 is 40.0. The van der Waals surface area contributed by atoms with E-state index in [1.165, 1.54) is 30.1 Å². The standard InChI is InChI=1S/C27H30FN3O4S/c1-20-10-7-8-13-22(20)18-30(25(27(33)29-2)16-21-11-5-4-6-12-21)26(32)19-31(36(3,34)35)24-15-9-14-23(28)17-24/h4-15,17,25H,16,18-19H2,1-3H3,(H,29,33)/t25-/m1/s1. The summed E-state index contributed by atoms with van der Waals surface area (Å²) in [7, 11) is -2.44. The van der Waals surface area contributed by atoms with E-state index in [9.17, 15) is 22.4 Å². The van der Waals surface area contributed by atoms with E-state index < -0.39 is 34.3 Å². The van der Waals surface area contributed by atoms with E-state index in [0.717, 1.165) is 33.3 Å². The maximum absolute atomic E-state index is 13.9. The molecule has 36 heavy (non-hydrogen) atoms. The van der Waals surface area contributed by atoms with E-state index in [0.29, 0.717) is 0 Å². The highest BCUT2D eigenvalue weighted by molar-refractivity contribution is 7.92. The van der Waals surface area contributed by atoms with Gasteiger partial charge in [-0.25, -0.2) is 12.8 Å². The smallest absolute Gasteiger partial charge is 0.244 e. The first kappa shape index (κ1) is 26.9. The van der Waals surface area contributed by atoms with Crippen LogP contribution in [0.4, 0.5) is 10.1 Å². The Labute approximate surface area is 211 Å². The summed E-state index contributed by atoms with van der Waals surface area (Å²) in [5.74, 6) is -1.59. The number of anilines is 1. The lowest BCUT2D eigenvalue weighted by Gasteiger charge is -2.33. The number of rotatable bonds is 10. The van der Waals surface area contributed by atoms with Crippen molar-refractivity contribution in [3.05, 3.63) is 101 Å². The third kappa shape index (κ3) is 6.91. The molecule has 0 aliphatic heterocycles. The molecular formula is C27H30FN3O4S. The Morgan fingerprint density at radius 3 is 2.25 bits per heavy atom. The van der Waals surface area contributed by atoms with Crippen molar-refractivity contribution in [2.45, 2.75) is 25.9 Å². The summed E-state index contributed by atoms with van der Waals surface area (Å²) >= 11 is 0. The number of benzene rings is 3. The lowest BCUT2D eigenvalue weighted by Crippen LogP contribution is -2.53. The van der Waals surface area contributed by atoms with Gasteiger partial charge in [0.05, 0.1) is 11.9 Å². The Hall–Kier alpha value is -3.72. The van der Waals surface area contributed by atoms with Crippen LogP contribution in [0.1, 0.15) is 16.7 Å². The number of amides is 2. The van der Waals surface area contributed by atoms with Crippen molar-refractivity contribution in [3.63, 3.8) is 0 Å². The molecule has 1 atom stereocenters. The minimum absolute atomic E-state index is 0.0289. The maximum Gasteiger partial charge on any atom is 0.244 e. The summed E-state index contributed by atoms with van der Waals surface area (Å²) in [5.41, 5.74) is 2.63. The van der Waals surface area contributed by atoms with Crippen molar-refractivity contribution in [1.29, 1.82) is 0 Å². The van der Waals surface area contributed by atoms with E-state index in [1.807, 2.05) is 61.5 Å². The van der Waals surface area contributed by atoms with Crippen LogP contribution < -0.4 is 9.62 Å². The first-order valence-electron chi connectivity index (χ1n) is 11.4. The number of nitrogens with one attached hydrogen (secondary N) is 1. The summed E-state index contributed by atoms with van der Waals surface area (Å²) in [5, 5.41) is 2.63. The van der Waals surface area contributed by atoms with Gasteiger partial charge in [-0.3, -0.25) is 13.9 Å². The van der Waals surface area contributed by atoms with Gasteiger partial charge in [-0.2, -0.15) is 0 Å². The van der Waals surface area contributed by atoms with Gasteiger partial charge in [-0.15, -0.1) is 0 Å². The third-order valence-corrected chi connectivity index (χ3v) is 7.04. The SMILES string of the molecule is CNC(=O)[C@@H](Cc1ccccc1)N(Cc1ccccc1C)C(=O)CN(c1cccc(F)c1)S(C)(=O)=O. The topological polar surface area (TPSA) is 86.8 Å². The first-order valence-corrected chi connectivity index (χ1v) is 13.3. The Morgan fingerprint density at radius 2 is 1.64 bits per heavy atom. The van der Waals surface area contributed by atoms with Gasteiger partial charge in [0.1, 0.15) is 18.4 Å². The largest absolute Gasteiger partial charge is 0.357 e. The molecule has 0 aliphatic rings. The molecule has 3 rings (SSSR count). The van der Waals surface area contributed by atoms with Crippen LogP contribution in [0.5, 0.6) is 0 Å². The molecule has 190 valence electrons. The molecule has 9 heteroatoms. The molecule has 0 saturated heterocycles.